The summed E-state index contributed by atoms with van der Waals surface area (Å²) in [5.74, 6) is 0.187. The maximum Gasteiger partial charge on any atom is 0.321 e. The third-order valence-electron chi connectivity index (χ3n) is 3.07. The predicted molar refractivity (Wildman–Crippen MR) is 85.1 cm³/mol. The molecule has 0 amide bonds. The number of hydrogen-bond acceptors (Lipinski definition) is 9. The quantitative estimate of drug-likeness (QED) is 0.654. The molecule has 3 rings (SSSR count). The molecule has 130 valence electrons. The Morgan fingerprint density at radius 2 is 1.84 bits per heavy atom. The molecule has 0 bridgehead atoms. The summed E-state index contributed by atoms with van der Waals surface area (Å²) in [6.45, 7) is 0. The summed E-state index contributed by atoms with van der Waals surface area (Å²) in [6.07, 6.45) is 1.40. The third kappa shape index (κ3) is 3.63. The SMILES string of the molecule is COc1cc(NS(=O)(=O)c2ccc(-n3cnnn3)cc2)nc(OC)n1. The Bertz CT molecular complexity index is 936. The topological polar surface area (TPSA) is 134 Å². The van der Waals surface area contributed by atoms with Crippen LogP contribution in [0, 0.1) is 0 Å². The molecule has 0 fully saturated rings. The number of aromatic nitrogens is 6. The van der Waals surface area contributed by atoms with Crippen LogP contribution in [0.2, 0.25) is 0 Å². The Kier molecular flexibility index (Phi) is 4.43. The average Bonchev–Trinajstić information content (AvgIpc) is 3.15. The number of tetrazole rings is 1. The van der Waals surface area contributed by atoms with Gasteiger partial charge < -0.3 is 9.47 Å². The van der Waals surface area contributed by atoms with Gasteiger partial charge in [-0.25, -0.2) is 13.1 Å². The fourth-order valence-electron chi connectivity index (χ4n) is 1.91. The summed E-state index contributed by atoms with van der Waals surface area (Å²) in [6, 6.07) is 7.32. The largest absolute Gasteiger partial charge is 0.481 e. The van der Waals surface area contributed by atoms with Crippen LogP contribution in [-0.2, 0) is 10.0 Å². The van der Waals surface area contributed by atoms with Crippen LogP contribution in [0.3, 0.4) is 0 Å². The third-order valence-corrected chi connectivity index (χ3v) is 4.44. The number of hydrogen-bond donors (Lipinski definition) is 1. The van der Waals surface area contributed by atoms with Crippen molar-refractivity contribution < 1.29 is 17.9 Å². The summed E-state index contributed by atoms with van der Waals surface area (Å²) in [5.41, 5.74) is 0.620. The Hall–Kier alpha value is -3.28. The lowest BCUT2D eigenvalue weighted by Gasteiger charge is -2.10. The molecule has 25 heavy (non-hydrogen) atoms. The van der Waals surface area contributed by atoms with Crippen molar-refractivity contribution in [3.8, 4) is 17.6 Å². The standard InChI is InChI=1S/C13H13N7O4S/c1-23-12-7-11(15-13(16-12)24-2)17-25(21,22)10-5-3-9(4-6-10)20-8-14-18-19-20/h3-8H,1-2H3,(H,15,16,17). The van der Waals surface area contributed by atoms with Gasteiger partial charge in [0.15, 0.2) is 5.82 Å². The number of methoxy groups -OCH3 is 2. The number of nitrogens with one attached hydrogen (secondary N) is 1. The Labute approximate surface area is 142 Å². The molecule has 2 aromatic heterocycles. The number of nitrogens with zero attached hydrogens (tertiary/aromatic N) is 6. The molecule has 0 saturated carbocycles. The second-order valence-corrected chi connectivity index (χ2v) is 6.32. The first-order valence-corrected chi connectivity index (χ1v) is 8.33. The number of ether oxygens (including phenoxy) is 2. The van der Waals surface area contributed by atoms with Crippen LogP contribution >= 0.6 is 0 Å². The fraction of sp³-hybridized carbons (Fsp3) is 0.154. The molecule has 0 aliphatic heterocycles. The molecule has 1 N–H and O–H groups in total. The lowest BCUT2D eigenvalue weighted by atomic mass is 10.3. The second-order valence-electron chi connectivity index (χ2n) is 4.64. The lowest BCUT2D eigenvalue weighted by Crippen LogP contribution is -2.14. The lowest BCUT2D eigenvalue weighted by molar-refractivity contribution is 0.353. The molecular formula is C13H13N7O4S. The molecule has 1 aromatic carbocycles. The van der Waals surface area contributed by atoms with Crippen molar-refractivity contribution in [1.82, 2.24) is 30.2 Å². The van der Waals surface area contributed by atoms with E-state index in [1.54, 1.807) is 12.1 Å². The van der Waals surface area contributed by atoms with Crippen molar-refractivity contribution in [2.75, 3.05) is 18.9 Å². The van der Waals surface area contributed by atoms with Gasteiger partial charge in [-0.3, -0.25) is 4.72 Å². The minimum atomic E-state index is -3.86. The zero-order chi connectivity index (χ0) is 17.9. The summed E-state index contributed by atoms with van der Waals surface area (Å²) in [5, 5.41) is 10.8. The molecule has 0 atom stereocenters. The van der Waals surface area contributed by atoms with Crippen LogP contribution in [0.5, 0.6) is 11.9 Å². The smallest absolute Gasteiger partial charge is 0.321 e. The van der Waals surface area contributed by atoms with Gasteiger partial charge in [-0.05, 0) is 34.7 Å². The highest BCUT2D eigenvalue weighted by atomic mass is 32.2. The van der Waals surface area contributed by atoms with Gasteiger partial charge in [0.1, 0.15) is 6.33 Å². The van der Waals surface area contributed by atoms with Gasteiger partial charge in [-0.2, -0.15) is 9.97 Å². The Balaban J connectivity index is 1.87. The first kappa shape index (κ1) is 16.6. The van der Waals surface area contributed by atoms with E-state index < -0.39 is 10.0 Å². The van der Waals surface area contributed by atoms with Crippen LogP contribution in [0.4, 0.5) is 5.82 Å². The van der Waals surface area contributed by atoms with Gasteiger partial charge in [0.05, 0.1) is 24.8 Å². The first-order valence-electron chi connectivity index (χ1n) is 6.85. The van der Waals surface area contributed by atoms with Crippen LogP contribution in [0.1, 0.15) is 0 Å². The molecular weight excluding hydrogens is 350 g/mol. The van der Waals surface area contributed by atoms with E-state index in [1.807, 2.05) is 0 Å². The average molecular weight is 363 g/mol. The van der Waals surface area contributed by atoms with Crippen molar-refractivity contribution in [1.29, 1.82) is 0 Å². The van der Waals surface area contributed by atoms with Gasteiger partial charge in [-0.15, -0.1) is 5.10 Å². The maximum atomic E-state index is 12.5. The van der Waals surface area contributed by atoms with E-state index >= 15 is 0 Å². The predicted octanol–water partition coefficient (Wildman–Crippen LogP) is 0.270. The van der Waals surface area contributed by atoms with Gasteiger partial charge in [0.2, 0.25) is 5.88 Å². The van der Waals surface area contributed by atoms with E-state index in [4.69, 9.17) is 9.47 Å². The highest BCUT2D eigenvalue weighted by Gasteiger charge is 2.17. The van der Waals surface area contributed by atoms with Gasteiger partial charge in [-0.1, -0.05) is 0 Å². The second kappa shape index (κ2) is 6.68. The van der Waals surface area contributed by atoms with Crippen LogP contribution in [-0.4, -0.2) is 52.8 Å². The summed E-state index contributed by atoms with van der Waals surface area (Å²) in [4.78, 5) is 7.88. The summed E-state index contributed by atoms with van der Waals surface area (Å²) >= 11 is 0. The summed E-state index contributed by atoms with van der Waals surface area (Å²) < 4.78 is 38.7. The zero-order valence-electron chi connectivity index (χ0n) is 13.2. The van der Waals surface area contributed by atoms with Crippen molar-refractivity contribution >= 4 is 15.8 Å². The summed E-state index contributed by atoms with van der Waals surface area (Å²) in [7, 11) is -1.09. The van der Waals surface area contributed by atoms with Crippen molar-refractivity contribution in [2.45, 2.75) is 4.90 Å². The minimum Gasteiger partial charge on any atom is -0.481 e. The van der Waals surface area contributed by atoms with Crippen LogP contribution < -0.4 is 14.2 Å². The Morgan fingerprint density at radius 1 is 1.08 bits per heavy atom. The van der Waals surface area contributed by atoms with E-state index in [2.05, 4.69) is 30.2 Å². The molecule has 12 heteroatoms. The molecule has 0 aliphatic rings. The van der Waals surface area contributed by atoms with Crippen LogP contribution in [0.25, 0.3) is 5.69 Å². The number of benzene rings is 1. The molecule has 3 aromatic rings. The van der Waals surface area contributed by atoms with Gasteiger partial charge >= 0.3 is 6.01 Å². The van der Waals surface area contributed by atoms with E-state index in [0.717, 1.165) is 0 Å². The highest BCUT2D eigenvalue weighted by Crippen LogP contribution is 2.21. The molecule has 0 aliphatic carbocycles. The molecule has 2 heterocycles. The monoisotopic (exact) mass is 363 g/mol. The molecule has 0 spiro atoms. The highest BCUT2D eigenvalue weighted by molar-refractivity contribution is 7.92. The zero-order valence-corrected chi connectivity index (χ0v) is 14.0. The molecule has 0 saturated heterocycles. The van der Waals surface area contributed by atoms with Gasteiger partial charge in [0.25, 0.3) is 10.0 Å². The Morgan fingerprint density at radius 3 is 2.44 bits per heavy atom. The molecule has 0 radical (unpaired) electrons. The normalized spacial score (nSPS) is 11.1. The fourth-order valence-corrected chi connectivity index (χ4v) is 2.90. The van der Waals surface area contributed by atoms with Crippen LogP contribution in [0.15, 0.2) is 41.6 Å². The van der Waals surface area contributed by atoms with Crippen molar-refractivity contribution in [3.05, 3.63) is 36.7 Å². The van der Waals surface area contributed by atoms with Crippen molar-refractivity contribution in [3.63, 3.8) is 0 Å². The molecule has 0 unspecified atom stereocenters. The van der Waals surface area contributed by atoms with E-state index in [1.165, 1.54) is 43.4 Å². The van der Waals surface area contributed by atoms with E-state index in [-0.39, 0.29) is 22.6 Å². The maximum absolute atomic E-state index is 12.5. The number of sulfonamides is 1. The molecule has 11 nitrogen and oxygen atoms in total. The van der Waals surface area contributed by atoms with Gasteiger partial charge in [0, 0.05) is 6.07 Å². The number of anilines is 1. The van der Waals surface area contributed by atoms with E-state index in [0.29, 0.717) is 5.69 Å². The number of rotatable bonds is 6. The minimum absolute atomic E-state index is 0.0215. The first-order chi connectivity index (χ1) is 12.0. The van der Waals surface area contributed by atoms with Crippen molar-refractivity contribution in [2.24, 2.45) is 0 Å². The van der Waals surface area contributed by atoms with E-state index in [9.17, 15) is 8.42 Å².